The van der Waals surface area contributed by atoms with Crippen LogP contribution in [0.2, 0.25) is 0 Å². The van der Waals surface area contributed by atoms with Crippen molar-refractivity contribution in [2.24, 2.45) is 0 Å². The number of ether oxygens (including phenoxy) is 2. The van der Waals surface area contributed by atoms with Crippen molar-refractivity contribution in [2.75, 3.05) is 20.8 Å². The molecule has 0 aliphatic heterocycles. The minimum absolute atomic E-state index is 0.0921. The minimum Gasteiger partial charge on any atom is -0.497 e. The third kappa shape index (κ3) is 7.31. The number of amides is 2. The lowest BCUT2D eigenvalue weighted by Gasteiger charge is -2.31. The molecule has 0 radical (unpaired) electrons. The van der Waals surface area contributed by atoms with Crippen LogP contribution in [-0.2, 0) is 22.6 Å². The first kappa shape index (κ1) is 24.3. The van der Waals surface area contributed by atoms with Gasteiger partial charge in [-0.15, -0.1) is 0 Å². The van der Waals surface area contributed by atoms with Crippen LogP contribution in [0.15, 0.2) is 48.5 Å². The first-order chi connectivity index (χ1) is 15.0. The second kappa shape index (κ2) is 12.6. The lowest BCUT2D eigenvalue weighted by atomic mass is 10.1. The summed E-state index contributed by atoms with van der Waals surface area (Å²) >= 11 is 0. The van der Waals surface area contributed by atoms with Gasteiger partial charge in [0.05, 0.1) is 20.6 Å². The van der Waals surface area contributed by atoms with Gasteiger partial charge in [-0.25, -0.2) is 0 Å². The van der Waals surface area contributed by atoms with Crippen molar-refractivity contribution in [3.8, 4) is 11.5 Å². The van der Waals surface area contributed by atoms with Gasteiger partial charge in [-0.05, 0) is 48.2 Å². The maximum atomic E-state index is 13.3. The van der Waals surface area contributed by atoms with E-state index >= 15 is 0 Å². The molecular formula is C25H34N2O4. The molecule has 0 unspecified atom stereocenters. The van der Waals surface area contributed by atoms with Gasteiger partial charge >= 0.3 is 0 Å². The van der Waals surface area contributed by atoms with E-state index in [4.69, 9.17) is 9.47 Å². The van der Waals surface area contributed by atoms with Gasteiger partial charge in [-0.2, -0.15) is 0 Å². The van der Waals surface area contributed by atoms with Crippen molar-refractivity contribution in [1.29, 1.82) is 0 Å². The Balaban J connectivity index is 2.25. The van der Waals surface area contributed by atoms with Gasteiger partial charge in [0.15, 0.2) is 0 Å². The summed E-state index contributed by atoms with van der Waals surface area (Å²) in [6, 6.07) is 14.5. The predicted molar refractivity (Wildman–Crippen MR) is 122 cm³/mol. The zero-order valence-electron chi connectivity index (χ0n) is 19.0. The molecule has 6 nitrogen and oxygen atoms in total. The number of hydrogen-bond donors (Lipinski definition) is 1. The number of carbonyl (C=O) groups excluding carboxylic acids is 2. The molecule has 0 spiro atoms. The summed E-state index contributed by atoms with van der Waals surface area (Å²) in [6.45, 7) is 4.97. The van der Waals surface area contributed by atoms with E-state index in [1.54, 1.807) is 19.1 Å². The highest BCUT2D eigenvalue weighted by molar-refractivity contribution is 5.88. The number of unbranched alkanes of at least 4 members (excludes halogenated alkanes) is 1. The Morgan fingerprint density at radius 3 is 2.29 bits per heavy atom. The molecule has 2 aromatic rings. The fourth-order valence-electron chi connectivity index (χ4n) is 3.41. The molecule has 1 atom stereocenters. The van der Waals surface area contributed by atoms with Gasteiger partial charge in [-0.3, -0.25) is 9.59 Å². The number of carbonyl (C=O) groups is 2. The van der Waals surface area contributed by atoms with Crippen LogP contribution in [0.25, 0.3) is 0 Å². The average molecular weight is 427 g/mol. The molecule has 31 heavy (non-hydrogen) atoms. The molecule has 6 heteroatoms. The van der Waals surface area contributed by atoms with Gasteiger partial charge in [0.2, 0.25) is 11.8 Å². The van der Waals surface area contributed by atoms with E-state index in [0.29, 0.717) is 19.5 Å². The van der Waals surface area contributed by atoms with Crippen molar-refractivity contribution in [3.05, 3.63) is 59.7 Å². The summed E-state index contributed by atoms with van der Waals surface area (Å²) in [4.78, 5) is 27.9. The SMILES string of the molecule is CCCCNC(=O)[C@@H](CC)N(Cc1cccc(OC)c1)C(=O)Cc1ccc(OC)cc1. The highest BCUT2D eigenvalue weighted by Crippen LogP contribution is 2.19. The monoisotopic (exact) mass is 426 g/mol. The van der Waals surface area contributed by atoms with E-state index in [-0.39, 0.29) is 18.2 Å². The summed E-state index contributed by atoms with van der Waals surface area (Å²) < 4.78 is 10.5. The average Bonchev–Trinajstić information content (AvgIpc) is 2.79. The molecule has 0 fully saturated rings. The fraction of sp³-hybridized carbons (Fsp3) is 0.440. The lowest BCUT2D eigenvalue weighted by molar-refractivity contribution is -0.140. The van der Waals surface area contributed by atoms with Crippen LogP contribution in [0.5, 0.6) is 11.5 Å². The molecule has 0 aliphatic carbocycles. The van der Waals surface area contributed by atoms with Crippen LogP contribution in [0.3, 0.4) is 0 Å². The van der Waals surface area contributed by atoms with Gasteiger partial charge < -0.3 is 19.7 Å². The van der Waals surface area contributed by atoms with Gasteiger partial charge in [-0.1, -0.05) is 44.5 Å². The summed E-state index contributed by atoms with van der Waals surface area (Å²) in [5.74, 6) is 1.26. The molecule has 0 aromatic heterocycles. The molecule has 2 amide bonds. The molecule has 0 aliphatic rings. The molecule has 1 N–H and O–H groups in total. The standard InChI is InChI=1S/C25H34N2O4/c1-5-7-15-26-25(29)23(6-2)27(18-20-9-8-10-22(16-20)31-4)24(28)17-19-11-13-21(30-3)14-12-19/h8-14,16,23H,5-7,15,17-18H2,1-4H3,(H,26,29)/t23-/m1/s1. The highest BCUT2D eigenvalue weighted by atomic mass is 16.5. The number of nitrogens with zero attached hydrogens (tertiary/aromatic N) is 1. The van der Waals surface area contributed by atoms with Crippen LogP contribution in [0.1, 0.15) is 44.2 Å². The Labute approximate surface area is 185 Å². The molecule has 0 bridgehead atoms. The molecule has 0 heterocycles. The van der Waals surface area contributed by atoms with E-state index in [0.717, 1.165) is 35.5 Å². The smallest absolute Gasteiger partial charge is 0.242 e. The topological polar surface area (TPSA) is 67.9 Å². The molecule has 0 saturated carbocycles. The molecule has 168 valence electrons. The first-order valence-corrected chi connectivity index (χ1v) is 10.8. The third-order valence-electron chi connectivity index (χ3n) is 5.22. The van der Waals surface area contributed by atoms with Crippen LogP contribution < -0.4 is 14.8 Å². The van der Waals surface area contributed by atoms with E-state index in [2.05, 4.69) is 12.2 Å². The Morgan fingerprint density at radius 2 is 1.68 bits per heavy atom. The van der Waals surface area contributed by atoms with Crippen molar-refractivity contribution < 1.29 is 19.1 Å². The van der Waals surface area contributed by atoms with Gasteiger partial charge in [0.1, 0.15) is 17.5 Å². The molecule has 0 saturated heterocycles. The normalized spacial score (nSPS) is 11.5. The van der Waals surface area contributed by atoms with Crippen LogP contribution in [-0.4, -0.2) is 43.5 Å². The third-order valence-corrected chi connectivity index (χ3v) is 5.22. The van der Waals surface area contributed by atoms with Crippen molar-refractivity contribution >= 4 is 11.8 Å². The Hall–Kier alpha value is -3.02. The molecular weight excluding hydrogens is 392 g/mol. The van der Waals surface area contributed by atoms with Crippen LogP contribution >= 0.6 is 0 Å². The summed E-state index contributed by atoms with van der Waals surface area (Å²) in [5.41, 5.74) is 1.80. The Kier molecular flexibility index (Phi) is 9.88. The van der Waals surface area contributed by atoms with E-state index in [1.807, 2.05) is 55.5 Å². The first-order valence-electron chi connectivity index (χ1n) is 10.8. The molecule has 2 rings (SSSR count). The largest absolute Gasteiger partial charge is 0.497 e. The van der Waals surface area contributed by atoms with Crippen LogP contribution in [0.4, 0.5) is 0 Å². The van der Waals surface area contributed by atoms with E-state index < -0.39 is 6.04 Å². The summed E-state index contributed by atoms with van der Waals surface area (Å²) in [5, 5.41) is 2.98. The van der Waals surface area contributed by atoms with E-state index in [9.17, 15) is 9.59 Å². The highest BCUT2D eigenvalue weighted by Gasteiger charge is 2.28. The predicted octanol–water partition coefficient (Wildman–Crippen LogP) is 3.97. The molecule has 2 aromatic carbocycles. The zero-order valence-corrected chi connectivity index (χ0v) is 19.0. The summed E-state index contributed by atoms with van der Waals surface area (Å²) in [6.07, 6.45) is 2.67. The number of rotatable bonds is 12. The fourth-order valence-corrected chi connectivity index (χ4v) is 3.41. The number of benzene rings is 2. The van der Waals surface area contributed by atoms with Gasteiger partial charge in [0, 0.05) is 13.1 Å². The van der Waals surface area contributed by atoms with Crippen LogP contribution in [0, 0.1) is 0 Å². The number of hydrogen-bond acceptors (Lipinski definition) is 4. The maximum Gasteiger partial charge on any atom is 0.242 e. The second-order valence-corrected chi connectivity index (χ2v) is 7.47. The van der Waals surface area contributed by atoms with Crippen molar-refractivity contribution in [1.82, 2.24) is 10.2 Å². The minimum atomic E-state index is -0.534. The zero-order chi connectivity index (χ0) is 22.6. The lowest BCUT2D eigenvalue weighted by Crippen LogP contribution is -2.49. The van der Waals surface area contributed by atoms with Crippen molar-refractivity contribution in [3.63, 3.8) is 0 Å². The van der Waals surface area contributed by atoms with E-state index in [1.165, 1.54) is 0 Å². The quantitative estimate of drug-likeness (QED) is 0.522. The number of methoxy groups -OCH3 is 2. The Morgan fingerprint density at radius 1 is 0.968 bits per heavy atom. The second-order valence-electron chi connectivity index (χ2n) is 7.47. The maximum absolute atomic E-state index is 13.3. The number of nitrogens with one attached hydrogen (secondary N) is 1. The van der Waals surface area contributed by atoms with Gasteiger partial charge in [0.25, 0.3) is 0 Å². The van der Waals surface area contributed by atoms with Crippen molar-refractivity contribution in [2.45, 2.75) is 52.1 Å². The summed E-state index contributed by atoms with van der Waals surface area (Å²) in [7, 11) is 3.22. The Bertz CT molecular complexity index is 836.